The van der Waals surface area contributed by atoms with Crippen molar-refractivity contribution in [1.82, 2.24) is 5.16 Å². The summed E-state index contributed by atoms with van der Waals surface area (Å²) < 4.78 is 5.28. The van der Waals surface area contributed by atoms with Crippen molar-refractivity contribution in [2.45, 2.75) is 32.6 Å². The van der Waals surface area contributed by atoms with Gasteiger partial charge >= 0.3 is 0 Å². The number of anilines is 1. The molecule has 0 spiro atoms. The lowest BCUT2D eigenvalue weighted by atomic mass is 10.0. The van der Waals surface area contributed by atoms with Crippen molar-refractivity contribution in [3.8, 4) is 0 Å². The highest BCUT2D eigenvalue weighted by atomic mass is 35.5. The van der Waals surface area contributed by atoms with Crippen molar-refractivity contribution in [2.75, 3.05) is 11.9 Å². The van der Waals surface area contributed by atoms with Crippen LogP contribution in [-0.4, -0.2) is 17.5 Å². The van der Waals surface area contributed by atoms with Crippen molar-refractivity contribution in [2.24, 2.45) is 5.92 Å². The van der Waals surface area contributed by atoms with Gasteiger partial charge in [0.25, 0.3) is 0 Å². The maximum absolute atomic E-state index is 12.9. The quantitative estimate of drug-likeness (QED) is 0.796. The summed E-state index contributed by atoms with van der Waals surface area (Å²) in [6.45, 7) is 5.01. The Morgan fingerprint density at radius 2 is 2.18 bits per heavy atom. The minimum atomic E-state index is -0.0638. The van der Waals surface area contributed by atoms with Gasteiger partial charge in [0.1, 0.15) is 0 Å². The Bertz CT molecular complexity index is 690. The highest BCUT2D eigenvalue weighted by molar-refractivity contribution is 6.31. The number of aromatic nitrogens is 1. The first-order valence-corrected chi connectivity index (χ1v) is 7.96. The summed E-state index contributed by atoms with van der Waals surface area (Å²) >= 11 is 6.07. The molecule has 1 heterocycles. The lowest BCUT2D eigenvalue weighted by Gasteiger charge is -2.13. The van der Waals surface area contributed by atoms with Gasteiger partial charge in [0.05, 0.1) is 11.8 Å². The van der Waals surface area contributed by atoms with Crippen molar-refractivity contribution in [3.05, 3.63) is 46.3 Å². The third-order valence-corrected chi connectivity index (χ3v) is 3.95. The van der Waals surface area contributed by atoms with Crippen LogP contribution in [0.15, 0.2) is 28.9 Å². The molecule has 0 bridgehead atoms. The normalized spacial score (nSPS) is 14.4. The van der Waals surface area contributed by atoms with E-state index in [1.165, 1.54) is 6.20 Å². The minimum absolute atomic E-state index is 0.0638. The van der Waals surface area contributed by atoms with Crippen LogP contribution < -0.4 is 5.32 Å². The molecule has 5 heteroatoms. The molecule has 0 saturated heterocycles. The van der Waals surface area contributed by atoms with Gasteiger partial charge in [-0.2, -0.15) is 0 Å². The standard InChI is InChI=1S/C17H19ClN2O2/c1-10(2)8-19-15-7-12(18)5-6-13(15)16(21)14-9-20-22-17(14)11-3-4-11/h5-7,9-11,19H,3-4,8H2,1-2H3. The molecule has 1 saturated carbocycles. The van der Waals surface area contributed by atoms with Crippen molar-refractivity contribution in [1.29, 1.82) is 0 Å². The van der Waals surface area contributed by atoms with E-state index in [4.69, 9.17) is 16.1 Å². The number of halogens is 1. The zero-order valence-corrected chi connectivity index (χ0v) is 13.5. The summed E-state index contributed by atoms with van der Waals surface area (Å²) in [6, 6.07) is 5.29. The van der Waals surface area contributed by atoms with E-state index in [0.717, 1.165) is 30.8 Å². The zero-order chi connectivity index (χ0) is 15.7. The van der Waals surface area contributed by atoms with Crippen LogP contribution in [0.2, 0.25) is 5.02 Å². The molecule has 1 fully saturated rings. The van der Waals surface area contributed by atoms with Crippen molar-refractivity contribution in [3.63, 3.8) is 0 Å². The molecule has 0 aliphatic heterocycles. The maximum Gasteiger partial charge on any atom is 0.200 e. The van der Waals surface area contributed by atoms with Gasteiger partial charge < -0.3 is 9.84 Å². The zero-order valence-electron chi connectivity index (χ0n) is 12.7. The van der Waals surface area contributed by atoms with Gasteiger partial charge in [-0.3, -0.25) is 4.79 Å². The second-order valence-corrected chi connectivity index (χ2v) is 6.61. The first-order chi connectivity index (χ1) is 10.6. The molecule has 0 atom stereocenters. The lowest BCUT2D eigenvalue weighted by Crippen LogP contribution is -2.12. The Labute approximate surface area is 134 Å². The number of carbonyl (C=O) groups excluding carboxylic acids is 1. The van der Waals surface area contributed by atoms with Crippen molar-refractivity contribution >= 4 is 23.1 Å². The second-order valence-electron chi connectivity index (χ2n) is 6.17. The van der Waals surface area contributed by atoms with Gasteiger partial charge in [-0.15, -0.1) is 0 Å². The summed E-state index contributed by atoms with van der Waals surface area (Å²) in [4.78, 5) is 12.9. The number of benzene rings is 1. The van der Waals surface area contributed by atoms with E-state index in [1.807, 2.05) is 0 Å². The molecule has 0 unspecified atom stereocenters. The number of rotatable bonds is 6. The number of hydrogen-bond donors (Lipinski definition) is 1. The Morgan fingerprint density at radius 1 is 1.41 bits per heavy atom. The number of nitrogens with zero attached hydrogens (tertiary/aromatic N) is 1. The minimum Gasteiger partial charge on any atom is -0.384 e. The fourth-order valence-corrected chi connectivity index (χ4v) is 2.55. The predicted octanol–water partition coefficient (Wildman–Crippen LogP) is 4.50. The Balaban J connectivity index is 1.92. The Kier molecular flexibility index (Phi) is 4.21. The second kappa shape index (κ2) is 6.13. The Hall–Kier alpha value is -1.81. The van der Waals surface area contributed by atoms with Crippen LogP contribution in [0.1, 0.15) is 54.3 Å². The van der Waals surface area contributed by atoms with E-state index < -0.39 is 0 Å². The smallest absolute Gasteiger partial charge is 0.200 e. The summed E-state index contributed by atoms with van der Waals surface area (Å²) in [5.74, 6) is 1.47. The molecule has 2 aromatic rings. The number of ketones is 1. The topological polar surface area (TPSA) is 55.1 Å². The molecule has 116 valence electrons. The monoisotopic (exact) mass is 318 g/mol. The number of hydrogen-bond acceptors (Lipinski definition) is 4. The van der Waals surface area contributed by atoms with E-state index in [0.29, 0.717) is 28.0 Å². The molecule has 1 aromatic heterocycles. The van der Waals surface area contributed by atoms with Crippen LogP contribution in [-0.2, 0) is 0 Å². The van der Waals surface area contributed by atoms with E-state index in [-0.39, 0.29) is 5.78 Å². The molecular weight excluding hydrogens is 300 g/mol. The molecule has 0 radical (unpaired) electrons. The summed E-state index contributed by atoms with van der Waals surface area (Å²) in [6.07, 6.45) is 3.65. The van der Waals surface area contributed by atoms with E-state index >= 15 is 0 Å². The SMILES string of the molecule is CC(C)CNc1cc(Cl)ccc1C(=O)c1cnoc1C1CC1. The third kappa shape index (κ3) is 3.17. The van der Waals surface area contributed by atoms with Gasteiger partial charge in [0, 0.05) is 28.7 Å². The Morgan fingerprint density at radius 3 is 2.86 bits per heavy atom. The first-order valence-electron chi connectivity index (χ1n) is 7.59. The van der Waals surface area contributed by atoms with Crippen LogP contribution in [0.5, 0.6) is 0 Å². The molecule has 1 N–H and O–H groups in total. The number of carbonyl (C=O) groups is 1. The summed E-state index contributed by atoms with van der Waals surface area (Å²) in [5.41, 5.74) is 1.93. The average Bonchev–Trinajstić information content (AvgIpc) is 3.21. The van der Waals surface area contributed by atoms with Gasteiger partial charge in [-0.1, -0.05) is 30.6 Å². The fourth-order valence-electron chi connectivity index (χ4n) is 2.38. The van der Waals surface area contributed by atoms with Gasteiger partial charge in [-0.25, -0.2) is 0 Å². The van der Waals surface area contributed by atoms with E-state index in [1.54, 1.807) is 18.2 Å². The highest BCUT2D eigenvalue weighted by Gasteiger charge is 2.33. The molecule has 1 aliphatic rings. The molecule has 1 aromatic carbocycles. The third-order valence-electron chi connectivity index (χ3n) is 3.72. The molecule has 4 nitrogen and oxygen atoms in total. The van der Waals surface area contributed by atoms with Crippen molar-refractivity contribution < 1.29 is 9.32 Å². The fraction of sp³-hybridized carbons (Fsp3) is 0.412. The van der Waals surface area contributed by atoms with E-state index in [2.05, 4.69) is 24.3 Å². The maximum atomic E-state index is 12.9. The molecular formula is C17H19ClN2O2. The van der Waals surface area contributed by atoms with E-state index in [9.17, 15) is 4.79 Å². The molecule has 1 aliphatic carbocycles. The molecule has 3 rings (SSSR count). The first kappa shape index (κ1) is 15.1. The lowest BCUT2D eigenvalue weighted by molar-refractivity contribution is 0.103. The summed E-state index contributed by atoms with van der Waals surface area (Å²) in [5, 5.41) is 7.72. The average molecular weight is 319 g/mol. The van der Waals surface area contributed by atoms with Crippen LogP contribution >= 0.6 is 11.6 Å². The number of nitrogens with one attached hydrogen (secondary N) is 1. The molecule has 22 heavy (non-hydrogen) atoms. The van der Waals surface area contributed by atoms with Crippen LogP contribution in [0, 0.1) is 5.92 Å². The van der Waals surface area contributed by atoms with Crippen LogP contribution in [0.3, 0.4) is 0 Å². The van der Waals surface area contributed by atoms with Crippen LogP contribution in [0.4, 0.5) is 5.69 Å². The highest BCUT2D eigenvalue weighted by Crippen LogP contribution is 2.42. The van der Waals surface area contributed by atoms with Gasteiger partial charge in [0.15, 0.2) is 11.5 Å². The van der Waals surface area contributed by atoms with Gasteiger partial charge in [-0.05, 0) is 37.0 Å². The molecule has 0 amide bonds. The largest absolute Gasteiger partial charge is 0.384 e. The summed E-state index contributed by atoms with van der Waals surface area (Å²) in [7, 11) is 0. The van der Waals surface area contributed by atoms with Crippen LogP contribution in [0.25, 0.3) is 0 Å². The predicted molar refractivity (Wildman–Crippen MR) is 86.7 cm³/mol. The van der Waals surface area contributed by atoms with Gasteiger partial charge in [0.2, 0.25) is 0 Å².